The Bertz CT molecular complexity index is 375. The molecule has 0 heterocycles. The van der Waals surface area contributed by atoms with E-state index >= 15 is 0 Å². The number of rotatable bonds is 2. The van der Waals surface area contributed by atoms with Gasteiger partial charge in [-0.2, -0.15) is 0 Å². The third kappa shape index (κ3) is 2.33. The highest BCUT2D eigenvalue weighted by molar-refractivity contribution is 6.30. The molecule has 0 unspecified atom stereocenters. The molecule has 14 heavy (non-hydrogen) atoms. The van der Waals surface area contributed by atoms with Crippen LogP contribution in [0.2, 0.25) is 5.02 Å². The van der Waals surface area contributed by atoms with Gasteiger partial charge in [-0.3, -0.25) is 4.99 Å². The predicted octanol–water partition coefficient (Wildman–Crippen LogP) is 3.78. The van der Waals surface area contributed by atoms with E-state index in [1.54, 1.807) is 0 Å². The van der Waals surface area contributed by atoms with Crippen LogP contribution in [-0.4, -0.2) is 6.21 Å². The maximum absolute atomic E-state index is 5.76. The summed E-state index contributed by atoms with van der Waals surface area (Å²) in [5, 5.41) is 0.740. The molecular weight excluding hydrogens is 194 g/mol. The van der Waals surface area contributed by atoms with E-state index in [9.17, 15) is 0 Å². The maximum Gasteiger partial charge on any atom is 0.0627 e. The number of halogens is 1. The van der Waals surface area contributed by atoms with Crippen molar-refractivity contribution in [2.24, 2.45) is 10.9 Å². The third-order valence-corrected chi connectivity index (χ3v) is 2.25. The standard InChI is InChI=1S/C12H10ClN/c13-11-5-7-12(8-6-11)14-9-10-3-1-2-4-10/h1-10H. The molecule has 1 aromatic carbocycles. The van der Waals surface area contributed by atoms with Crippen molar-refractivity contribution >= 4 is 23.5 Å². The first-order valence-electron chi connectivity index (χ1n) is 4.49. The molecule has 0 atom stereocenters. The number of hydrogen-bond donors (Lipinski definition) is 0. The lowest BCUT2D eigenvalue weighted by molar-refractivity contribution is 1.19. The molecule has 70 valence electrons. The summed E-state index contributed by atoms with van der Waals surface area (Å²) in [6, 6.07) is 7.49. The molecule has 2 heteroatoms. The minimum atomic E-state index is 0.339. The Morgan fingerprint density at radius 2 is 1.71 bits per heavy atom. The van der Waals surface area contributed by atoms with Gasteiger partial charge in [0, 0.05) is 17.2 Å². The molecule has 0 saturated heterocycles. The number of allylic oxidation sites excluding steroid dienone is 4. The summed E-state index contributed by atoms with van der Waals surface area (Å²) in [5.74, 6) is 0.339. The molecule has 0 bridgehead atoms. The topological polar surface area (TPSA) is 12.4 Å². The van der Waals surface area contributed by atoms with Gasteiger partial charge in [0.25, 0.3) is 0 Å². The van der Waals surface area contributed by atoms with Gasteiger partial charge >= 0.3 is 0 Å². The molecule has 0 radical (unpaired) electrons. The summed E-state index contributed by atoms with van der Waals surface area (Å²) in [4.78, 5) is 4.34. The first-order chi connectivity index (χ1) is 6.84. The van der Waals surface area contributed by atoms with Gasteiger partial charge in [-0.1, -0.05) is 35.9 Å². The van der Waals surface area contributed by atoms with Gasteiger partial charge in [-0.15, -0.1) is 0 Å². The van der Waals surface area contributed by atoms with Crippen LogP contribution in [0, 0.1) is 5.92 Å². The van der Waals surface area contributed by atoms with E-state index in [4.69, 9.17) is 11.6 Å². The molecule has 0 aromatic heterocycles. The van der Waals surface area contributed by atoms with Crippen molar-refractivity contribution in [3.8, 4) is 0 Å². The summed E-state index contributed by atoms with van der Waals surface area (Å²) in [6.07, 6.45) is 10.2. The van der Waals surface area contributed by atoms with Crippen LogP contribution in [0.4, 0.5) is 5.69 Å². The van der Waals surface area contributed by atoms with E-state index in [1.165, 1.54) is 0 Å². The lowest BCUT2D eigenvalue weighted by Crippen LogP contribution is -1.88. The smallest absolute Gasteiger partial charge is 0.0627 e. The zero-order chi connectivity index (χ0) is 9.80. The van der Waals surface area contributed by atoms with Crippen molar-refractivity contribution in [1.29, 1.82) is 0 Å². The van der Waals surface area contributed by atoms with Gasteiger partial charge in [0.1, 0.15) is 0 Å². The fraction of sp³-hybridized carbons (Fsp3) is 0.0833. The van der Waals surface area contributed by atoms with Crippen LogP contribution in [0.1, 0.15) is 0 Å². The minimum Gasteiger partial charge on any atom is -0.260 e. The van der Waals surface area contributed by atoms with Crippen molar-refractivity contribution < 1.29 is 0 Å². The van der Waals surface area contributed by atoms with Crippen molar-refractivity contribution in [3.05, 3.63) is 53.6 Å². The first-order valence-corrected chi connectivity index (χ1v) is 4.87. The van der Waals surface area contributed by atoms with E-state index in [0.717, 1.165) is 10.7 Å². The Morgan fingerprint density at radius 3 is 2.36 bits per heavy atom. The summed E-state index contributed by atoms with van der Waals surface area (Å²) < 4.78 is 0. The van der Waals surface area contributed by atoms with Gasteiger partial charge in [0.2, 0.25) is 0 Å². The van der Waals surface area contributed by atoms with Gasteiger partial charge in [-0.25, -0.2) is 0 Å². The van der Waals surface area contributed by atoms with Gasteiger partial charge < -0.3 is 0 Å². The molecule has 1 aliphatic rings. The molecule has 0 aliphatic heterocycles. The van der Waals surface area contributed by atoms with Crippen LogP contribution in [0.25, 0.3) is 0 Å². The van der Waals surface area contributed by atoms with E-state index in [1.807, 2.05) is 42.6 Å². The van der Waals surface area contributed by atoms with E-state index in [-0.39, 0.29) is 0 Å². The lowest BCUT2D eigenvalue weighted by atomic mass is 10.2. The van der Waals surface area contributed by atoms with Gasteiger partial charge in [-0.05, 0) is 24.3 Å². The van der Waals surface area contributed by atoms with E-state index < -0.39 is 0 Å². The Hall–Kier alpha value is -1.34. The fourth-order valence-electron chi connectivity index (χ4n) is 1.25. The fourth-order valence-corrected chi connectivity index (χ4v) is 1.37. The molecule has 1 aromatic rings. The molecule has 0 spiro atoms. The molecular formula is C12H10ClN. The summed E-state index contributed by atoms with van der Waals surface area (Å²) in [7, 11) is 0. The highest BCUT2D eigenvalue weighted by Crippen LogP contribution is 2.16. The summed E-state index contributed by atoms with van der Waals surface area (Å²) in [6.45, 7) is 0. The molecule has 1 aliphatic carbocycles. The van der Waals surface area contributed by atoms with E-state index in [2.05, 4.69) is 17.1 Å². The number of benzene rings is 1. The largest absolute Gasteiger partial charge is 0.260 e. The molecule has 0 fully saturated rings. The van der Waals surface area contributed by atoms with Crippen LogP contribution < -0.4 is 0 Å². The van der Waals surface area contributed by atoms with Crippen LogP contribution in [0.3, 0.4) is 0 Å². The van der Waals surface area contributed by atoms with Crippen molar-refractivity contribution in [1.82, 2.24) is 0 Å². The van der Waals surface area contributed by atoms with E-state index in [0.29, 0.717) is 5.92 Å². The highest BCUT2D eigenvalue weighted by Gasteiger charge is 1.98. The van der Waals surface area contributed by atoms with Crippen molar-refractivity contribution in [2.45, 2.75) is 0 Å². The van der Waals surface area contributed by atoms with Crippen LogP contribution in [0.15, 0.2) is 53.6 Å². The zero-order valence-electron chi connectivity index (χ0n) is 7.60. The Morgan fingerprint density at radius 1 is 1.07 bits per heavy atom. The normalized spacial score (nSPS) is 15.8. The van der Waals surface area contributed by atoms with Crippen LogP contribution in [0.5, 0.6) is 0 Å². The third-order valence-electron chi connectivity index (χ3n) is 2.00. The molecule has 1 nitrogen and oxygen atoms in total. The summed E-state index contributed by atoms with van der Waals surface area (Å²) >= 11 is 5.76. The first kappa shape index (κ1) is 9.22. The average Bonchev–Trinajstić information content (AvgIpc) is 2.70. The quantitative estimate of drug-likeness (QED) is 0.649. The predicted molar refractivity (Wildman–Crippen MR) is 61.4 cm³/mol. The number of hydrogen-bond acceptors (Lipinski definition) is 1. The second kappa shape index (κ2) is 4.25. The highest BCUT2D eigenvalue weighted by atomic mass is 35.5. The SMILES string of the molecule is Clc1ccc(N=CC2C=CC=C2)cc1. The molecule has 0 N–H and O–H groups in total. The van der Waals surface area contributed by atoms with Gasteiger partial charge in [0.05, 0.1) is 5.69 Å². The number of nitrogens with zero attached hydrogens (tertiary/aromatic N) is 1. The van der Waals surface area contributed by atoms with Crippen molar-refractivity contribution in [2.75, 3.05) is 0 Å². The van der Waals surface area contributed by atoms with Crippen molar-refractivity contribution in [3.63, 3.8) is 0 Å². The molecule has 0 amide bonds. The Labute approximate surface area is 88.4 Å². The minimum absolute atomic E-state index is 0.339. The molecule has 2 rings (SSSR count). The second-order valence-corrected chi connectivity index (χ2v) is 3.54. The average molecular weight is 204 g/mol. The Balaban J connectivity index is 2.06. The number of aliphatic imine (C=N–C) groups is 1. The van der Waals surface area contributed by atoms with Crippen LogP contribution in [-0.2, 0) is 0 Å². The second-order valence-electron chi connectivity index (χ2n) is 3.10. The van der Waals surface area contributed by atoms with Gasteiger partial charge in [0.15, 0.2) is 0 Å². The Kier molecular flexibility index (Phi) is 2.80. The summed E-state index contributed by atoms with van der Waals surface area (Å²) in [5.41, 5.74) is 0.933. The molecule has 0 saturated carbocycles. The monoisotopic (exact) mass is 203 g/mol. The zero-order valence-corrected chi connectivity index (χ0v) is 8.35. The lowest BCUT2D eigenvalue weighted by Gasteiger charge is -1.96. The maximum atomic E-state index is 5.76. The van der Waals surface area contributed by atoms with Crippen LogP contribution >= 0.6 is 11.6 Å².